The predicted molar refractivity (Wildman–Crippen MR) is 75.7 cm³/mol. The summed E-state index contributed by atoms with van der Waals surface area (Å²) in [5.41, 5.74) is 0.806. The minimum atomic E-state index is -0.477. The van der Waals surface area contributed by atoms with Gasteiger partial charge in [0.15, 0.2) is 0 Å². The van der Waals surface area contributed by atoms with Crippen molar-refractivity contribution in [3.63, 3.8) is 0 Å². The van der Waals surface area contributed by atoms with E-state index in [-0.39, 0.29) is 11.6 Å². The summed E-state index contributed by atoms with van der Waals surface area (Å²) in [7, 11) is 2.95. The van der Waals surface area contributed by atoms with Crippen LogP contribution in [0.1, 0.15) is 5.56 Å². The lowest BCUT2D eigenvalue weighted by Gasteiger charge is -2.15. The molecule has 1 heterocycles. The van der Waals surface area contributed by atoms with Crippen molar-refractivity contribution < 1.29 is 14.6 Å². The predicted octanol–water partition coefficient (Wildman–Crippen LogP) is 1.48. The fourth-order valence-corrected chi connectivity index (χ4v) is 2.72. The van der Waals surface area contributed by atoms with Crippen LogP contribution in [0.15, 0.2) is 29.3 Å². The van der Waals surface area contributed by atoms with Gasteiger partial charge in [-0.25, -0.2) is 5.06 Å². The van der Waals surface area contributed by atoms with Crippen LogP contribution >= 0.6 is 11.8 Å². The largest absolute Gasteiger partial charge is 0.274 e. The van der Waals surface area contributed by atoms with E-state index in [0.717, 1.165) is 10.6 Å². The van der Waals surface area contributed by atoms with E-state index >= 15 is 0 Å². The number of carbonyl (C=O) groups is 1. The maximum absolute atomic E-state index is 11.9. The molecule has 0 radical (unpaired) electrons. The number of thioether (sulfide) groups is 1. The van der Waals surface area contributed by atoms with Gasteiger partial charge in [-0.2, -0.15) is 0 Å². The molecule has 1 aliphatic rings. The Morgan fingerprint density at radius 1 is 1.50 bits per heavy atom. The topological polar surface area (TPSA) is 85.0 Å². The Morgan fingerprint density at radius 2 is 2.15 bits per heavy atom. The molecule has 0 aromatic heterocycles. The van der Waals surface area contributed by atoms with Crippen LogP contribution in [0.25, 0.3) is 0 Å². The molecule has 0 saturated carbocycles. The first-order chi connectivity index (χ1) is 9.52. The summed E-state index contributed by atoms with van der Waals surface area (Å²) in [5, 5.41) is 12.4. The second kappa shape index (κ2) is 6.02. The molecule has 1 aromatic carbocycles. The zero-order valence-electron chi connectivity index (χ0n) is 11.0. The van der Waals surface area contributed by atoms with Gasteiger partial charge in [-0.3, -0.25) is 24.7 Å². The third kappa shape index (κ3) is 2.97. The molecule has 0 saturated heterocycles. The number of amides is 1. The Hall–Kier alpha value is -1.93. The van der Waals surface area contributed by atoms with E-state index in [1.807, 2.05) is 0 Å². The Bertz CT molecular complexity index is 558. The zero-order chi connectivity index (χ0) is 14.7. The third-order valence-electron chi connectivity index (χ3n) is 2.85. The number of nitro groups is 1. The normalized spacial score (nSPS) is 17.7. The van der Waals surface area contributed by atoms with Crippen molar-refractivity contribution in [3.8, 4) is 0 Å². The Labute approximate surface area is 119 Å². The number of nitrogens with zero attached hydrogens (tertiary/aromatic N) is 3. The third-order valence-corrected chi connectivity index (χ3v) is 3.94. The number of carbonyl (C=O) groups excluding carboxylic acids is 1. The van der Waals surface area contributed by atoms with Crippen molar-refractivity contribution in [1.82, 2.24) is 5.06 Å². The Balaban J connectivity index is 2.14. The molecular formula is C12H13N3O4S. The van der Waals surface area contributed by atoms with E-state index in [1.165, 1.54) is 38.1 Å². The van der Waals surface area contributed by atoms with Crippen molar-refractivity contribution in [2.45, 2.75) is 6.04 Å². The lowest BCUT2D eigenvalue weighted by atomic mass is 10.2. The molecule has 0 N–H and O–H groups in total. The smallest absolute Gasteiger partial charge is 0.271 e. The average Bonchev–Trinajstić information content (AvgIpc) is 2.95. The minimum absolute atomic E-state index is 0.0316. The van der Waals surface area contributed by atoms with E-state index in [0.29, 0.717) is 10.8 Å². The molecule has 1 aromatic rings. The maximum Gasteiger partial charge on any atom is 0.271 e. The molecule has 2 rings (SSSR count). The quantitative estimate of drug-likeness (QED) is 0.620. The van der Waals surface area contributed by atoms with E-state index < -0.39 is 11.0 Å². The summed E-state index contributed by atoms with van der Waals surface area (Å²) in [6, 6.07) is 5.65. The molecule has 0 aliphatic carbocycles. The van der Waals surface area contributed by atoms with Crippen molar-refractivity contribution in [3.05, 3.63) is 39.9 Å². The van der Waals surface area contributed by atoms with Gasteiger partial charge in [0.25, 0.3) is 11.6 Å². The first-order valence-electron chi connectivity index (χ1n) is 5.80. The van der Waals surface area contributed by atoms with Crippen LogP contribution in [0.3, 0.4) is 0 Å². The number of benzene rings is 1. The number of hydrogen-bond acceptors (Lipinski definition) is 6. The summed E-state index contributed by atoms with van der Waals surface area (Å²) in [6.45, 7) is 0. The number of nitro benzene ring substituents is 1. The van der Waals surface area contributed by atoms with Crippen LogP contribution in [-0.4, -0.2) is 46.9 Å². The van der Waals surface area contributed by atoms with Gasteiger partial charge >= 0.3 is 0 Å². The van der Waals surface area contributed by atoms with Crippen LogP contribution in [-0.2, 0) is 9.63 Å². The highest BCUT2D eigenvalue weighted by Crippen LogP contribution is 2.25. The van der Waals surface area contributed by atoms with Crippen molar-refractivity contribution in [2.24, 2.45) is 4.99 Å². The molecule has 0 spiro atoms. The van der Waals surface area contributed by atoms with Crippen molar-refractivity contribution >= 4 is 28.4 Å². The molecule has 0 bridgehead atoms. The summed E-state index contributed by atoms with van der Waals surface area (Å²) < 4.78 is 0. The molecule has 1 aliphatic heterocycles. The maximum atomic E-state index is 11.9. The first kappa shape index (κ1) is 14.5. The summed E-state index contributed by atoms with van der Waals surface area (Å²) >= 11 is 1.45. The molecule has 8 heteroatoms. The molecule has 1 amide bonds. The molecule has 0 fully saturated rings. The van der Waals surface area contributed by atoms with Gasteiger partial charge in [-0.1, -0.05) is 0 Å². The van der Waals surface area contributed by atoms with Gasteiger partial charge in [0, 0.05) is 30.5 Å². The van der Waals surface area contributed by atoms with Crippen molar-refractivity contribution in [1.29, 1.82) is 0 Å². The fourth-order valence-electron chi connectivity index (χ4n) is 1.68. The standard InChI is InChI=1S/C12H13N3O4S/c1-14(19-2)12(16)10-7-20-11(13-10)8-3-5-9(6-4-8)15(17)18/h3-6,10H,7H2,1-2H3. The molecule has 20 heavy (non-hydrogen) atoms. The molecular weight excluding hydrogens is 282 g/mol. The van der Waals surface area contributed by atoms with Gasteiger partial charge in [-0.15, -0.1) is 11.8 Å². The summed E-state index contributed by atoms with van der Waals surface area (Å²) in [6.07, 6.45) is 0. The van der Waals surface area contributed by atoms with E-state index in [2.05, 4.69) is 4.99 Å². The highest BCUT2D eigenvalue weighted by Gasteiger charge is 2.28. The van der Waals surface area contributed by atoms with Crippen molar-refractivity contribution in [2.75, 3.05) is 19.9 Å². The van der Waals surface area contributed by atoms with E-state index in [4.69, 9.17) is 4.84 Å². The van der Waals surface area contributed by atoms with Crippen LogP contribution in [0, 0.1) is 10.1 Å². The average molecular weight is 295 g/mol. The molecule has 1 atom stereocenters. The van der Waals surface area contributed by atoms with Crippen LogP contribution in [0.2, 0.25) is 0 Å². The molecule has 106 valence electrons. The number of likely N-dealkylation sites (N-methyl/N-ethyl adjacent to an activating group) is 1. The highest BCUT2D eigenvalue weighted by atomic mass is 32.2. The molecule has 7 nitrogen and oxygen atoms in total. The highest BCUT2D eigenvalue weighted by molar-refractivity contribution is 8.14. The number of hydrogen-bond donors (Lipinski definition) is 0. The van der Waals surface area contributed by atoms with Crippen LogP contribution in [0.4, 0.5) is 5.69 Å². The van der Waals surface area contributed by atoms with Crippen LogP contribution in [0.5, 0.6) is 0 Å². The number of rotatable bonds is 4. The van der Waals surface area contributed by atoms with Gasteiger partial charge in [0.05, 0.1) is 17.1 Å². The SMILES string of the molecule is CON(C)C(=O)C1CSC(c2ccc([N+](=O)[O-])cc2)=N1. The van der Waals surface area contributed by atoms with Gasteiger partial charge < -0.3 is 0 Å². The van der Waals surface area contributed by atoms with E-state index in [9.17, 15) is 14.9 Å². The fraction of sp³-hybridized carbons (Fsp3) is 0.333. The zero-order valence-corrected chi connectivity index (χ0v) is 11.8. The number of hydroxylamine groups is 2. The van der Waals surface area contributed by atoms with Gasteiger partial charge in [0.1, 0.15) is 6.04 Å². The number of aliphatic imine (C=N–C) groups is 1. The molecule has 1 unspecified atom stereocenters. The summed E-state index contributed by atoms with van der Waals surface area (Å²) in [4.78, 5) is 31.2. The van der Waals surface area contributed by atoms with Crippen LogP contribution < -0.4 is 0 Å². The second-order valence-electron chi connectivity index (χ2n) is 4.08. The first-order valence-corrected chi connectivity index (χ1v) is 6.78. The second-order valence-corrected chi connectivity index (χ2v) is 5.09. The number of non-ortho nitro benzene ring substituents is 1. The lowest BCUT2D eigenvalue weighted by Crippen LogP contribution is -2.34. The Kier molecular flexibility index (Phi) is 4.35. The lowest BCUT2D eigenvalue weighted by molar-refractivity contribution is -0.384. The minimum Gasteiger partial charge on any atom is -0.274 e. The Morgan fingerprint density at radius 3 is 2.70 bits per heavy atom. The summed E-state index contributed by atoms with van der Waals surface area (Å²) in [5.74, 6) is 0.329. The van der Waals surface area contributed by atoms with Gasteiger partial charge in [0.2, 0.25) is 0 Å². The van der Waals surface area contributed by atoms with Gasteiger partial charge in [-0.05, 0) is 12.1 Å². The van der Waals surface area contributed by atoms with E-state index in [1.54, 1.807) is 12.1 Å². The monoisotopic (exact) mass is 295 g/mol.